The van der Waals surface area contributed by atoms with Crippen molar-refractivity contribution in [2.45, 2.75) is 31.6 Å². The smallest absolute Gasteiger partial charge is 0.251 e. The predicted molar refractivity (Wildman–Crippen MR) is 130 cm³/mol. The van der Waals surface area contributed by atoms with Gasteiger partial charge in [-0.25, -0.2) is 4.39 Å². The lowest BCUT2D eigenvalue weighted by molar-refractivity contribution is 0.0963. The van der Waals surface area contributed by atoms with Gasteiger partial charge in [-0.3, -0.25) is 9.79 Å². The van der Waals surface area contributed by atoms with Gasteiger partial charge in [-0.1, -0.05) is 24.3 Å². The first-order valence-corrected chi connectivity index (χ1v) is 10.2. The molecule has 0 saturated heterocycles. The molecule has 1 saturated carbocycles. The van der Waals surface area contributed by atoms with Crippen LogP contribution in [0.25, 0.3) is 0 Å². The number of benzene rings is 2. The average Bonchev–Trinajstić information content (AvgIpc) is 3.53. The van der Waals surface area contributed by atoms with E-state index in [0.717, 1.165) is 42.9 Å². The highest BCUT2D eigenvalue weighted by Crippen LogP contribution is 2.48. The summed E-state index contributed by atoms with van der Waals surface area (Å²) in [4.78, 5) is 16.6. The predicted octanol–water partition coefficient (Wildman–Crippen LogP) is 3.63. The van der Waals surface area contributed by atoms with E-state index in [1.807, 2.05) is 43.3 Å². The normalized spacial score (nSPS) is 14.4. The molecule has 2 aromatic carbocycles. The maximum absolute atomic E-state index is 13.2. The van der Waals surface area contributed by atoms with Crippen molar-refractivity contribution >= 4 is 35.8 Å². The lowest BCUT2D eigenvalue weighted by Gasteiger charge is -2.16. The third kappa shape index (κ3) is 6.42. The van der Waals surface area contributed by atoms with Crippen LogP contribution < -0.4 is 16.0 Å². The van der Waals surface area contributed by atoms with Crippen LogP contribution in [-0.4, -0.2) is 38.5 Å². The second kappa shape index (κ2) is 11.3. The lowest BCUT2D eigenvalue weighted by atomic mass is 9.96. The number of nitrogens with zero attached hydrogens (tertiary/aromatic N) is 1. The molecule has 1 aliphatic carbocycles. The van der Waals surface area contributed by atoms with E-state index in [9.17, 15) is 9.18 Å². The summed E-state index contributed by atoms with van der Waals surface area (Å²) in [6, 6.07) is 14.4. The fourth-order valence-corrected chi connectivity index (χ4v) is 3.40. The van der Waals surface area contributed by atoms with Gasteiger partial charge in [0.05, 0.1) is 6.54 Å². The Hall–Kier alpha value is -2.16. The van der Waals surface area contributed by atoms with Crippen molar-refractivity contribution in [3.63, 3.8) is 0 Å². The Morgan fingerprint density at radius 1 is 1.13 bits per heavy atom. The number of guanidine groups is 1. The molecule has 3 N–H and O–H groups in total. The van der Waals surface area contributed by atoms with Crippen LogP contribution in [0.1, 0.15) is 41.3 Å². The standard InChI is InChI=1S/C23H29FN4O.HI/c1-3-26-22(27-14-11-17-5-4-6-18(15-17)21(29)25-2)28-16-23(12-13-23)19-7-9-20(24)10-8-19;/h4-10,15H,3,11-14,16H2,1-2H3,(H,25,29)(H2,26,27,28);1H. The largest absolute Gasteiger partial charge is 0.357 e. The molecule has 7 heteroatoms. The fourth-order valence-electron chi connectivity index (χ4n) is 3.40. The van der Waals surface area contributed by atoms with Gasteiger partial charge < -0.3 is 16.0 Å². The first kappa shape index (κ1) is 24.1. The van der Waals surface area contributed by atoms with E-state index in [0.29, 0.717) is 18.7 Å². The first-order valence-electron chi connectivity index (χ1n) is 10.2. The zero-order valence-corrected chi connectivity index (χ0v) is 19.8. The number of hydrogen-bond acceptors (Lipinski definition) is 2. The molecular formula is C23H30FIN4O. The summed E-state index contributed by atoms with van der Waals surface area (Å²) in [6.45, 7) is 4.21. The zero-order chi connectivity index (χ0) is 20.7. The minimum atomic E-state index is -0.205. The second-order valence-electron chi connectivity index (χ2n) is 7.44. The summed E-state index contributed by atoms with van der Waals surface area (Å²) >= 11 is 0. The number of hydrogen-bond donors (Lipinski definition) is 3. The quantitative estimate of drug-likeness (QED) is 0.281. The molecule has 0 spiro atoms. The Balaban J connectivity index is 0.00000320. The van der Waals surface area contributed by atoms with E-state index < -0.39 is 0 Å². The molecule has 0 radical (unpaired) electrons. The molecule has 1 amide bonds. The van der Waals surface area contributed by atoms with E-state index >= 15 is 0 Å². The average molecular weight is 524 g/mol. The van der Waals surface area contributed by atoms with Crippen LogP contribution in [-0.2, 0) is 11.8 Å². The van der Waals surface area contributed by atoms with Crippen molar-refractivity contribution in [2.24, 2.45) is 4.99 Å². The van der Waals surface area contributed by atoms with Crippen molar-refractivity contribution in [1.29, 1.82) is 0 Å². The van der Waals surface area contributed by atoms with Gasteiger partial charge in [0.1, 0.15) is 5.82 Å². The molecule has 0 aliphatic heterocycles. The van der Waals surface area contributed by atoms with Crippen molar-refractivity contribution in [2.75, 3.05) is 26.7 Å². The number of amides is 1. The van der Waals surface area contributed by atoms with E-state index in [4.69, 9.17) is 4.99 Å². The van der Waals surface area contributed by atoms with Gasteiger partial charge >= 0.3 is 0 Å². The topological polar surface area (TPSA) is 65.5 Å². The maximum Gasteiger partial charge on any atom is 0.251 e. The molecule has 0 heterocycles. The van der Waals surface area contributed by atoms with Crippen LogP contribution in [0, 0.1) is 5.82 Å². The van der Waals surface area contributed by atoms with Gasteiger partial charge in [0.15, 0.2) is 5.96 Å². The van der Waals surface area contributed by atoms with Crippen molar-refractivity contribution in [3.8, 4) is 0 Å². The van der Waals surface area contributed by atoms with Crippen molar-refractivity contribution in [3.05, 3.63) is 71.0 Å². The second-order valence-corrected chi connectivity index (χ2v) is 7.44. The summed E-state index contributed by atoms with van der Waals surface area (Å²) in [6.07, 6.45) is 2.94. The van der Waals surface area contributed by atoms with Crippen LogP contribution >= 0.6 is 24.0 Å². The highest BCUT2D eigenvalue weighted by molar-refractivity contribution is 14.0. The van der Waals surface area contributed by atoms with Crippen LogP contribution in [0.5, 0.6) is 0 Å². The summed E-state index contributed by atoms with van der Waals surface area (Å²) in [5.74, 6) is 0.497. The molecule has 0 unspecified atom stereocenters. The molecule has 1 aliphatic rings. The van der Waals surface area contributed by atoms with Crippen LogP contribution in [0.15, 0.2) is 53.5 Å². The molecule has 162 valence electrons. The van der Waals surface area contributed by atoms with E-state index in [2.05, 4.69) is 16.0 Å². The van der Waals surface area contributed by atoms with E-state index in [1.54, 1.807) is 7.05 Å². The van der Waals surface area contributed by atoms with E-state index in [1.165, 1.54) is 12.1 Å². The number of aliphatic imine (C=N–C) groups is 1. The maximum atomic E-state index is 13.2. The fraction of sp³-hybridized carbons (Fsp3) is 0.391. The summed E-state index contributed by atoms with van der Waals surface area (Å²) in [7, 11) is 1.63. The van der Waals surface area contributed by atoms with Crippen LogP contribution in [0.2, 0.25) is 0 Å². The highest BCUT2D eigenvalue weighted by Gasteiger charge is 2.44. The minimum absolute atomic E-state index is 0. The SMILES string of the molecule is CCNC(=NCC1(c2ccc(F)cc2)CC1)NCCc1cccc(C(=O)NC)c1.I. The number of carbonyl (C=O) groups excluding carboxylic acids is 1. The number of rotatable bonds is 8. The Morgan fingerprint density at radius 3 is 2.50 bits per heavy atom. The van der Waals surface area contributed by atoms with Crippen molar-refractivity contribution < 1.29 is 9.18 Å². The molecule has 0 bridgehead atoms. The molecule has 3 rings (SSSR count). The zero-order valence-electron chi connectivity index (χ0n) is 17.5. The Bertz CT molecular complexity index is 866. The third-order valence-electron chi connectivity index (χ3n) is 5.32. The summed E-state index contributed by atoms with van der Waals surface area (Å²) in [5, 5.41) is 9.30. The third-order valence-corrected chi connectivity index (χ3v) is 5.32. The van der Waals surface area contributed by atoms with Gasteiger partial charge in [-0.15, -0.1) is 24.0 Å². The Morgan fingerprint density at radius 2 is 1.87 bits per heavy atom. The minimum Gasteiger partial charge on any atom is -0.357 e. The lowest BCUT2D eigenvalue weighted by Crippen LogP contribution is -2.39. The molecule has 1 fully saturated rings. The van der Waals surface area contributed by atoms with Gasteiger partial charge in [0.25, 0.3) is 5.91 Å². The molecule has 5 nitrogen and oxygen atoms in total. The van der Waals surface area contributed by atoms with Crippen LogP contribution in [0.4, 0.5) is 4.39 Å². The molecule has 2 aromatic rings. The van der Waals surface area contributed by atoms with E-state index in [-0.39, 0.29) is 41.1 Å². The summed E-state index contributed by atoms with van der Waals surface area (Å²) in [5.41, 5.74) is 2.96. The number of nitrogens with one attached hydrogen (secondary N) is 3. The number of halogens is 2. The van der Waals surface area contributed by atoms with Gasteiger partial charge in [0.2, 0.25) is 0 Å². The first-order chi connectivity index (χ1) is 14.1. The molecular weight excluding hydrogens is 494 g/mol. The van der Waals surface area contributed by atoms with Gasteiger partial charge in [0, 0.05) is 31.1 Å². The Kier molecular flexibility index (Phi) is 9.08. The number of carbonyl (C=O) groups is 1. The monoisotopic (exact) mass is 524 g/mol. The van der Waals surface area contributed by atoms with Gasteiger partial charge in [-0.2, -0.15) is 0 Å². The molecule has 30 heavy (non-hydrogen) atoms. The Labute approximate surface area is 195 Å². The molecule has 0 atom stereocenters. The van der Waals surface area contributed by atoms with Crippen molar-refractivity contribution in [1.82, 2.24) is 16.0 Å². The van der Waals surface area contributed by atoms with Crippen LogP contribution in [0.3, 0.4) is 0 Å². The highest BCUT2D eigenvalue weighted by atomic mass is 127. The summed E-state index contributed by atoms with van der Waals surface area (Å²) < 4.78 is 13.2. The molecule has 0 aromatic heterocycles. The van der Waals surface area contributed by atoms with Gasteiger partial charge in [-0.05, 0) is 61.6 Å².